The highest BCUT2D eigenvalue weighted by Gasteiger charge is 2.27. The average Bonchev–Trinajstić information content (AvgIpc) is 3.13. The molecule has 2 heterocycles. The SMILES string of the molecule is CN1CCN(c2ccc(C(=O)[C@@H](C#N)c3nc4ccccc4s3)cc2F)CC1. The Morgan fingerprint density at radius 1 is 1.21 bits per heavy atom. The number of piperazine rings is 1. The lowest BCUT2D eigenvalue weighted by Gasteiger charge is -2.34. The third-order valence-corrected chi connectivity index (χ3v) is 6.13. The van der Waals surface area contributed by atoms with Crippen molar-refractivity contribution in [3.63, 3.8) is 0 Å². The molecule has 0 N–H and O–H groups in total. The van der Waals surface area contributed by atoms with Crippen LogP contribution in [0.4, 0.5) is 10.1 Å². The number of rotatable bonds is 4. The minimum atomic E-state index is -1.04. The van der Waals surface area contributed by atoms with Gasteiger partial charge in [-0.15, -0.1) is 11.3 Å². The third-order valence-electron chi connectivity index (χ3n) is 5.02. The minimum Gasteiger partial charge on any atom is -0.367 e. The van der Waals surface area contributed by atoms with E-state index in [1.54, 1.807) is 12.1 Å². The van der Waals surface area contributed by atoms with Crippen molar-refractivity contribution in [2.24, 2.45) is 0 Å². The Kier molecular flexibility index (Phi) is 5.07. The molecule has 2 aromatic carbocycles. The summed E-state index contributed by atoms with van der Waals surface area (Å²) in [5.74, 6) is -1.90. The van der Waals surface area contributed by atoms with Crippen molar-refractivity contribution in [3.8, 4) is 6.07 Å². The number of anilines is 1. The number of Topliss-reactive ketones (excluding diaryl/α,β-unsaturated/α-hetero) is 1. The Labute approximate surface area is 166 Å². The topological polar surface area (TPSA) is 60.2 Å². The van der Waals surface area contributed by atoms with Crippen LogP contribution >= 0.6 is 11.3 Å². The lowest BCUT2D eigenvalue weighted by molar-refractivity contribution is 0.0978. The van der Waals surface area contributed by atoms with Gasteiger partial charge in [-0.2, -0.15) is 5.26 Å². The summed E-state index contributed by atoms with van der Waals surface area (Å²) in [4.78, 5) is 21.5. The highest BCUT2D eigenvalue weighted by molar-refractivity contribution is 7.18. The number of halogens is 1. The monoisotopic (exact) mass is 394 g/mol. The first-order chi connectivity index (χ1) is 13.6. The predicted octanol–water partition coefficient (Wildman–Crippen LogP) is 3.68. The second-order valence-corrected chi connectivity index (χ2v) is 7.96. The molecule has 1 aromatic heterocycles. The van der Waals surface area contributed by atoms with Crippen molar-refractivity contribution in [2.45, 2.75) is 5.92 Å². The maximum atomic E-state index is 14.7. The zero-order valence-electron chi connectivity index (χ0n) is 15.4. The van der Waals surface area contributed by atoms with Gasteiger partial charge in [0.25, 0.3) is 0 Å². The molecule has 1 saturated heterocycles. The number of benzene rings is 2. The van der Waals surface area contributed by atoms with Crippen LogP contribution in [0.15, 0.2) is 42.5 Å². The first-order valence-electron chi connectivity index (χ1n) is 9.09. The lowest BCUT2D eigenvalue weighted by Crippen LogP contribution is -2.44. The molecule has 5 nitrogen and oxygen atoms in total. The summed E-state index contributed by atoms with van der Waals surface area (Å²) in [5.41, 5.74) is 1.45. The first-order valence-corrected chi connectivity index (χ1v) is 9.91. The van der Waals surface area contributed by atoms with Gasteiger partial charge in [-0.05, 0) is 37.4 Å². The Balaban J connectivity index is 1.59. The number of hydrogen-bond donors (Lipinski definition) is 0. The Hall–Kier alpha value is -2.82. The van der Waals surface area contributed by atoms with E-state index in [9.17, 15) is 14.4 Å². The number of thiazole rings is 1. The standard InChI is InChI=1S/C21H19FN4OS/c1-25-8-10-26(11-9-25)18-7-6-14(12-16(18)22)20(27)15(13-23)21-24-17-4-2-3-5-19(17)28-21/h2-7,12,15H,8-11H2,1H3/t15-/m1/s1. The van der Waals surface area contributed by atoms with Gasteiger partial charge in [-0.1, -0.05) is 12.1 Å². The lowest BCUT2D eigenvalue weighted by atomic mass is 9.98. The van der Waals surface area contributed by atoms with Gasteiger partial charge in [0.2, 0.25) is 0 Å². The number of carbonyl (C=O) groups is 1. The third kappa shape index (κ3) is 3.49. The van der Waals surface area contributed by atoms with Crippen molar-refractivity contribution >= 4 is 33.0 Å². The van der Waals surface area contributed by atoms with Crippen LogP contribution in [-0.2, 0) is 0 Å². The summed E-state index contributed by atoms with van der Waals surface area (Å²) in [5, 5.41) is 10.0. The fourth-order valence-electron chi connectivity index (χ4n) is 3.37. The van der Waals surface area contributed by atoms with E-state index in [0.29, 0.717) is 10.7 Å². The molecule has 0 bridgehead atoms. The molecule has 28 heavy (non-hydrogen) atoms. The zero-order chi connectivity index (χ0) is 19.7. The van der Waals surface area contributed by atoms with Crippen LogP contribution < -0.4 is 4.90 Å². The largest absolute Gasteiger partial charge is 0.367 e. The second-order valence-electron chi connectivity index (χ2n) is 6.90. The molecule has 0 spiro atoms. The van der Waals surface area contributed by atoms with Gasteiger partial charge in [-0.25, -0.2) is 9.37 Å². The number of nitrogens with zero attached hydrogens (tertiary/aromatic N) is 4. The molecule has 0 amide bonds. The zero-order valence-corrected chi connectivity index (χ0v) is 16.2. The van der Waals surface area contributed by atoms with Crippen LogP contribution in [0, 0.1) is 17.1 Å². The number of likely N-dealkylation sites (N-methyl/N-ethyl adjacent to an activating group) is 1. The van der Waals surface area contributed by atoms with Gasteiger partial charge < -0.3 is 9.80 Å². The Bertz CT molecular complexity index is 1030. The molecule has 0 aliphatic carbocycles. The molecule has 4 rings (SSSR count). The molecule has 1 aliphatic heterocycles. The second kappa shape index (κ2) is 7.66. The number of hydrogen-bond acceptors (Lipinski definition) is 6. The van der Waals surface area contributed by atoms with Crippen molar-refractivity contribution < 1.29 is 9.18 Å². The summed E-state index contributed by atoms with van der Waals surface area (Å²) in [7, 11) is 2.04. The van der Waals surface area contributed by atoms with E-state index in [1.165, 1.54) is 17.4 Å². The van der Waals surface area contributed by atoms with Gasteiger partial charge in [0.15, 0.2) is 11.7 Å². The van der Waals surface area contributed by atoms with E-state index in [4.69, 9.17) is 0 Å². The normalized spacial score (nSPS) is 16.1. The van der Waals surface area contributed by atoms with Gasteiger partial charge in [-0.3, -0.25) is 4.79 Å². The molecule has 0 radical (unpaired) electrons. The molecule has 3 aromatic rings. The highest BCUT2D eigenvalue weighted by Crippen LogP contribution is 2.30. The molecule has 1 aliphatic rings. The number of ketones is 1. The number of fused-ring (bicyclic) bond motifs is 1. The van der Waals surface area contributed by atoms with Crippen LogP contribution in [0.2, 0.25) is 0 Å². The number of aromatic nitrogens is 1. The number of carbonyl (C=O) groups excluding carboxylic acids is 1. The van der Waals surface area contributed by atoms with Crippen LogP contribution in [0.3, 0.4) is 0 Å². The van der Waals surface area contributed by atoms with Gasteiger partial charge in [0.1, 0.15) is 10.8 Å². The summed E-state index contributed by atoms with van der Waals surface area (Å²) in [6.45, 7) is 3.23. The Morgan fingerprint density at radius 2 is 1.96 bits per heavy atom. The first kappa shape index (κ1) is 18.5. The molecular weight excluding hydrogens is 375 g/mol. The van der Waals surface area contributed by atoms with Gasteiger partial charge in [0.05, 0.1) is 22.0 Å². The maximum absolute atomic E-state index is 14.7. The van der Waals surface area contributed by atoms with Gasteiger partial charge >= 0.3 is 0 Å². The number of para-hydroxylation sites is 1. The summed E-state index contributed by atoms with van der Waals surface area (Å²) < 4.78 is 15.6. The van der Waals surface area contributed by atoms with E-state index < -0.39 is 17.5 Å². The molecule has 0 saturated carbocycles. The van der Waals surface area contributed by atoms with E-state index in [2.05, 4.69) is 9.88 Å². The number of nitriles is 1. The fraction of sp³-hybridized carbons (Fsp3) is 0.286. The summed E-state index contributed by atoms with van der Waals surface area (Å²) in [6.07, 6.45) is 0. The summed E-state index contributed by atoms with van der Waals surface area (Å²) >= 11 is 1.32. The van der Waals surface area contributed by atoms with E-state index in [0.717, 1.165) is 36.4 Å². The summed E-state index contributed by atoms with van der Waals surface area (Å²) in [6, 6.07) is 14.0. The van der Waals surface area contributed by atoms with Crippen molar-refractivity contribution in [3.05, 3.63) is 58.9 Å². The van der Waals surface area contributed by atoms with Crippen LogP contribution in [-0.4, -0.2) is 48.9 Å². The quantitative estimate of drug-likeness (QED) is 0.632. The molecule has 1 atom stereocenters. The minimum absolute atomic E-state index is 0.196. The molecule has 7 heteroatoms. The average molecular weight is 394 g/mol. The fourth-order valence-corrected chi connectivity index (χ4v) is 4.38. The van der Waals surface area contributed by atoms with E-state index >= 15 is 0 Å². The van der Waals surface area contributed by atoms with E-state index in [1.807, 2.05) is 42.3 Å². The molecule has 142 valence electrons. The highest BCUT2D eigenvalue weighted by atomic mass is 32.1. The molecule has 0 unspecified atom stereocenters. The maximum Gasteiger partial charge on any atom is 0.187 e. The van der Waals surface area contributed by atoms with Crippen LogP contribution in [0.25, 0.3) is 10.2 Å². The van der Waals surface area contributed by atoms with Gasteiger partial charge in [0, 0.05) is 31.7 Å². The Morgan fingerprint density at radius 3 is 2.64 bits per heavy atom. The van der Waals surface area contributed by atoms with Crippen molar-refractivity contribution in [2.75, 3.05) is 38.1 Å². The smallest absolute Gasteiger partial charge is 0.187 e. The molecular formula is C21H19FN4OS. The predicted molar refractivity (Wildman–Crippen MR) is 108 cm³/mol. The van der Waals surface area contributed by atoms with Crippen molar-refractivity contribution in [1.29, 1.82) is 5.26 Å². The van der Waals surface area contributed by atoms with Crippen LogP contribution in [0.5, 0.6) is 0 Å². The van der Waals surface area contributed by atoms with E-state index in [-0.39, 0.29) is 5.56 Å². The van der Waals surface area contributed by atoms with Crippen molar-refractivity contribution in [1.82, 2.24) is 9.88 Å². The van der Waals surface area contributed by atoms with Crippen LogP contribution in [0.1, 0.15) is 21.3 Å². The molecule has 1 fully saturated rings.